The summed E-state index contributed by atoms with van der Waals surface area (Å²) in [6.45, 7) is 0.737. The van der Waals surface area contributed by atoms with Crippen molar-refractivity contribution in [1.82, 2.24) is 4.98 Å². The van der Waals surface area contributed by atoms with E-state index in [0.717, 1.165) is 12.2 Å². The summed E-state index contributed by atoms with van der Waals surface area (Å²) in [7, 11) is 0. The fraction of sp³-hybridized carbons (Fsp3) is 0.100. The Morgan fingerprint density at radius 2 is 1.93 bits per heavy atom. The molecule has 78 valence electrons. The van der Waals surface area contributed by atoms with Gasteiger partial charge in [0.25, 0.3) is 0 Å². The van der Waals surface area contributed by atoms with Crippen LogP contribution in [0.2, 0.25) is 10.0 Å². The predicted molar refractivity (Wildman–Crippen MR) is 65.9 cm³/mol. The molecule has 1 aromatic heterocycles. The first-order valence-electron chi connectivity index (χ1n) is 4.31. The van der Waals surface area contributed by atoms with Crippen LogP contribution in [-0.4, -0.2) is 4.98 Å². The largest absolute Gasteiger partial charge is 0.380 e. The lowest BCUT2D eigenvalue weighted by Gasteiger charge is -2.05. The van der Waals surface area contributed by atoms with Gasteiger partial charge >= 0.3 is 0 Å². The van der Waals surface area contributed by atoms with E-state index >= 15 is 0 Å². The van der Waals surface area contributed by atoms with E-state index in [0.29, 0.717) is 10.0 Å². The molecule has 0 radical (unpaired) electrons. The van der Waals surface area contributed by atoms with Gasteiger partial charge in [0.15, 0.2) is 0 Å². The van der Waals surface area contributed by atoms with Crippen molar-refractivity contribution in [1.29, 1.82) is 0 Å². The van der Waals surface area contributed by atoms with Crippen molar-refractivity contribution in [3.05, 3.63) is 44.8 Å². The van der Waals surface area contributed by atoms with Crippen molar-refractivity contribution in [3.63, 3.8) is 0 Å². The summed E-state index contributed by atoms with van der Waals surface area (Å²) in [5.41, 5.74) is 2.73. The second-order valence-corrected chi connectivity index (χ2v) is 4.82. The number of rotatable bonds is 3. The Morgan fingerprint density at radius 1 is 1.20 bits per heavy atom. The molecule has 2 aromatic rings. The molecule has 0 saturated carbocycles. The fourth-order valence-electron chi connectivity index (χ4n) is 1.17. The zero-order valence-electron chi connectivity index (χ0n) is 7.71. The van der Waals surface area contributed by atoms with Gasteiger partial charge in [0, 0.05) is 26.8 Å². The maximum absolute atomic E-state index is 5.88. The number of halogens is 2. The van der Waals surface area contributed by atoms with E-state index in [1.54, 1.807) is 17.4 Å². The van der Waals surface area contributed by atoms with Crippen LogP contribution >= 0.6 is 34.5 Å². The number of hydrogen-bond donors (Lipinski definition) is 1. The van der Waals surface area contributed by atoms with Crippen molar-refractivity contribution >= 4 is 40.2 Å². The van der Waals surface area contributed by atoms with Crippen molar-refractivity contribution in [2.24, 2.45) is 0 Å². The number of thiazole rings is 1. The van der Waals surface area contributed by atoms with Crippen molar-refractivity contribution in [3.8, 4) is 0 Å². The molecule has 2 rings (SSSR count). The van der Waals surface area contributed by atoms with E-state index < -0.39 is 0 Å². The molecule has 1 heterocycles. The highest BCUT2D eigenvalue weighted by molar-refractivity contribution is 7.09. The molecule has 1 N–H and O–H groups in total. The summed E-state index contributed by atoms with van der Waals surface area (Å²) in [6, 6.07) is 5.39. The minimum atomic E-state index is 0.634. The van der Waals surface area contributed by atoms with E-state index in [9.17, 15) is 0 Å². The summed E-state index contributed by atoms with van der Waals surface area (Å²) in [5, 5.41) is 4.50. The fourth-order valence-corrected chi connectivity index (χ4v) is 2.23. The van der Waals surface area contributed by atoms with Gasteiger partial charge in [0.2, 0.25) is 0 Å². The van der Waals surface area contributed by atoms with Gasteiger partial charge in [-0.05, 0) is 18.2 Å². The van der Waals surface area contributed by atoms with E-state index in [4.69, 9.17) is 23.2 Å². The van der Waals surface area contributed by atoms with Crippen LogP contribution in [0.15, 0.2) is 29.9 Å². The second-order valence-electron chi connectivity index (χ2n) is 2.98. The van der Waals surface area contributed by atoms with Gasteiger partial charge in [-0.2, -0.15) is 0 Å². The van der Waals surface area contributed by atoms with E-state index in [1.807, 2.05) is 23.8 Å². The Morgan fingerprint density at radius 3 is 2.53 bits per heavy atom. The molecule has 0 aliphatic carbocycles. The molecule has 0 fully saturated rings. The van der Waals surface area contributed by atoms with Gasteiger partial charge in [-0.15, -0.1) is 11.3 Å². The quantitative estimate of drug-likeness (QED) is 0.898. The molecule has 0 saturated heterocycles. The summed E-state index contributed by atoms with van der Waals surface area (Å²) < 4.78 is 0. The molecule has 0 atom stereocenters. The Hall–Kier alpha value is -0.770. The molecule has 0 bridgehead atoms. The Balaban J connectivity index is 2.05. The van der Waals surface area contributed by atoms with Crippen molar-refractivity contribution < 1.29 is 0 Å². The zero-order chi connectivity index (χ0) is 10.7. The number of benzene rings is 1. The minimum Gasteiger partial charge on any atom is -0.380 e. The smallest absolute Gasteiger partial charge is 0.0794 e. The summed E-state index contributed by atoms with van der Waals surface area (Å²) in [6.07, 6.45) is 1.84. The van der Waals surface area contributed by atoms with Crippen LogP contribution in [0.3, 0.4) is 0 Å². The highest BCUT2D eigenvalue weighted by Gasteiger charge is 1.99. The predicted octanol–water partition coefficient (Wildman–Crippen LogP) is 4.06. The second kappa shape index (κ2) is 4.84. The molecule has 2 nitrogen and oxygen atoms in total. The first kappa shape index (κ1) is 10.7. The monoisotopic (exact) mass is 258 g/mol. The average molecular weight is 259 g/mol. The third-order valence-electron chi connectivity index (χ3n) is 1.81. The molecular weight excluding hydrogens is 251 g/mol. The first-order chi connectivity index (χ1) is 7.24. The molecule has 0 amide bonds. The summed E-state index contributed by atoms with van der Waals surface area (Å²) in [5.74, 6) is 0. The molecule has 0 aliphatic rings. The van der Waals surface area contributed by atoms with Crippen LogP contribution in [0, 0.1) is 0 Å². The lowest BCUT2D eigenvalue weighted by molar-refractivity contribution is 1.17. The average Bonchev–Trinajstić information content (AvgIpc) is 2.65. The lowest BCUT2D eigenvalue weighted by atomic mass is 10.3. The summed E-state index contributed by atoms with van der Waals surface area (Å²) in [4.78, 5) is 5.17. The van der Waals surface area contributed by atoms with Crippen LogP contribution < -0.4 is 5.32 Å². The van der Waals surface area contributed by atoms with Gasteiger partial charge in [0.1, 0.15) is 0 Å². The lowest BCUT2D eigenvalue weighted by Crippen LogP contribution is -1.97. The van der Waals surface area contributed by atoms with Crippen LogP contribution in [0.1, 0.15) is 4.88 Å². The van der Waals surface area contributed by atoms with Gasteiger partial charge in [-0.3, -0.25) is 4.98 Å². The van der Waals surface area contributed by atoms with E-state index in [1.165, 1.54) is 4.88 Å². The molecular formula is C10H8Cl2N2S. The Bertz CT molecular complexity index is 422. The number of hydrogen-bond acceptors (Lipinski definition) is 3. The molecule has 0 aliphatic heterocycles. The van der Waals surface area contributed by atoms with E-state index in [2.05, 4.69) is 10.3 Å². The number of nitrogens with zero attached hydrogens (tertiary/aromatic N) is 1. The number of anilines is 1. The molecule has 0 spiro atoms. The standard InChI is InChI=1S/C10H8Cl2N2S/c11-7-1-8(12)3-9(2-7)14-5-10-4-13-6-15-10/h1-4,6,14H,5H2. The number of aromatic nitrogens is 1. The zero-order valence-corrected chi connectivity index (χ0v) is 10.0. The maximum Gasteiger partial charge on any atom is 0.0794 e. The van der Waals surface area contributed by atoms with Crippen LogP contribution in [-0.2, 0) is 6.54 Å². The SMILES string of the molecule is Clc1cc(Cl)cc(NCc2cncs2)c1. The first-order valence-corrected chi connectivity index (χ1v) is 5.95. The maximum atomic E-state index is 5.88. The van der Waals surface area contributed by atoms with Gasteiger partial charge in [-0.25, -0.2) is 0 Å². The van der Waals surface area contributed by atoms with Crippen LogP contribution in [0.5, 0.6) is 0 Å². The van der Waals surface area contributed by atoms with Crippen molar-refractivity contribution in [2.45, 2.75) is 6.54 Å². The normalized spacial score (nSPS) is 10.3. The van der Waals surface area contributed by atoms with Crippen LogP contribution in [0.25, 0.3) is 0 Å². The van der Waals surface area contributed by atoms with Crippen molar-refractivity contribution in [2.75, 3.05) is 5.32 Å². The molecule has 15 heavy (non-hydrogen) atoms. The molecule has 1 aromatic carbocycles. The minimum absolute atomic E-state index is 0.634. The topological polar surface area (TPSA) is 24.9 Å². The third-order valence-corrected chi connectivity index (χ3v) is 3.03. The Labute approximate surface area is 102 Å². The highest BCUT2D eigenvalue weighted by atomic mass is 35.5. The molecule has 5 heteroatoms. The Kier molecular flexibility index (Phi) is 3.46. The highest BCUT2D eigenvalue weighted by Crippen LogP contribution is 2.23. The van der Waals surface area contributed by atoms with Crippen LogP contribution in [0.4, 0.5) is 5.69 Å². The number of nitrogens with one attached hydrogen (secondary N) is 1. The van der Waals surface area contributed by atoms with Gasteiger partial charge in [0.05, 0.1) is 12.1 Å². The van der Waals surface area contributed by atoms with Gasteiger partial charge < -0.3 is 5.32 Å². The summed E-state index contributed by atoms with van der Waals surface area (Å²) >= 11 is 13.4. The van der Waals surface area contributed by atoms with Gasteiger partial charge in [-0.1, -0.05) is 23.2 Å². The van der Waals surface area contributed by atoms with E-state index in [-0.39, 0.29) is 0 Å². The third kappa shape index (κ3) is 3.09. The molecule has 0 unspecified atom stereocenters.